The van der Waals surface area contributed by atoms with Crippen molar-refractivity contribution in [1.29, 1.82) is 0 Å². The van der Waals surface area contributed by atoms with Crippen LogP contribution in [0.3, 0.4) is 0 Å². The summed E-state index contributed by atoms with van der Waals surface area (Å²) in [6, 6.07) is 31.7. The van der Waals surface area contributed by atoms with Crippen LogP contribution in [0, 0.1) is 26.0 Å². The third-order valence-electron chi connectivity index (χ3n) is 3.68. The summed E-state index contributed by atoms with van der Waals surface area (Å²) in [4.78, 5) is 0. The van der Waals surface area contributed by atoms with Gasteiger partial charge in [-0.3, -0.25) is 0 Å². The number of hydrogen-bond donors (Lipinski definition) is 0. The monoisotopic (exact) mass is 506 g/mol. The Balaban J connectivity index is 0.000000451. The Morgan fingerprint density at radius 1 is 0.593 bits per heavy atom. The third-order valence-corrected chi connectivity index (χ3v) is 6.12. The summed E-state index contributed by atoms with van der Waals surface area (Å²) in [5.41, 5.74) is 2.67. The standard InChI is InChI=1S/2C11H10P.2ClH.Zr/c2*1-9-7-8-11(12-9)10-5-3-2-4-6-10;;;/h2*2-6,8,12H,1H3;2*1H;/q2*-1;;;+4/p-2. The molecule has 0 aliphatic heterocycles. The Morgan fingerprint density at radius 3 is 1.19 bits per heavy atom. The average Bonchev–Trinajstić information content (AvgIpc) is 3.26. The quantitative estimate of drug-likeness (QED) is 0.355. The van der Waals surface area contributed by atoms with Crippen molar-refractivity contribution in [2.45, 2.75) is 13.8 Å². The fourth-order valence-electron chi connectivity index (χ4n) is 2.46. The zero-order valence-electron chi connectivity index (χ0n) is 15.2. The van der Waals surface area contributed by atoms with E-state index in [1.54, 1.807) is 0 Å². The Kier molecular flexibility index (Phi) is 13.3. The molecular formula is C22H20Cl2P2Zr. The van der Waals surface area contributed by atoms with Gasteiger partial charge in [0.1, 0.15) is 0 Å². The minimum atomic E-state index is 0. The van der Waals surface area contributed by atoms with Crippen molar-refractivity contribution in [2.75, 3.05) is 0 Å². The van der Waals surface area contributed by atoms with Crippen molar-refractivity contribution in [3.05, 3.63) is 95.5 Å². The van der Waals surface area contributed by atoms with E-state index in [9.17, 15) is 0 Å². The number of halogens is 2. The van der Waals surface area contributed by atoms with Gasteiger partial charge in [-0.05, 0) is 0 Å². The number of rotatable bonds is 2. The molecule has 0 amide bonds. The fraction of sp³-hybridized carbons (Fsp3) is 0.0909. The first-order valence-electron chi connectivity index (χ1n) is 7.98. The van der Waals surface area contributed by atoms with Gasteiger partial charge in [-0.15, -0.1) is 10.6 Å². The zero-order valence-corrected chi connectivity index (χ0v) is 21.2. The van der Waals surface area contributed by atoms with Crippen LogP contribution in [-0.4, -0.2) is 0 Å². The summed E-state index contributed by atoms with van der Waals surface area (Å²) in [5, 5.41) is 5.53. The minimum absolute atomic E-state index is 0. The van der Waals surface area contributed by atoms with E-state index < -0.39 is 0 Å². The topological polar surface area (TPSA) is 0 Å². The minimum Gasteiger partial charge on any atom is -1.00 e. The van der Waals surface area contributed by atoms with E-state index in [0.29, 0.717) is 0 Å². The molecule has 2 unspecified atom stereocenters. The van der Waals surface area contributed by atoms with E-state index >= 15 is 0 Å². The van der Waals surface area contributed by atoms with Crippen molar-refractivity contribution >= 4 is 16.4 Å². The van der Waals surface area contributed by atoms with Crippen molar-refractivity contribution in [3.63, 3.8) is 0 Å². The molecule has 0 N–H and O–H groups in total. The largest absolute Gasteiger partial charge is 4.00 e. The zero-order chi connectivity index (χ0) is 16.8. The molecule has 0 saturated heterocycles. The van der Waals surface area contributed by atoms with Crippen LogP contribution in [0.2, 0.25) is 0 Å². The predicted molar refractivity (Wildman–Crippen MR) is 110 cm³/mol. The van der Waals surface area contributed by atoms with E-state index in [1.807, 2.05) is 12.1 Å². The van der Waals surface area contributed by atoms with Crippen molar-refractivity contribution in [3.8, 4) is 21.7 Å². The maximum Gasteiger partial charge on any atom is 4.00 e. The SMILES string of the molecule is Cc1[c-]cc(-c2ccccc2)[pH]1.Cc1[c-]cc(-c2ccccc2)[pH]1.[Cl-].[Cl-].[Zr+4]. The second kappa shape index (κ2) is 13.6. The van der Waals surface area contributed by atoms with Gasteiger partial charge >= 0.3 is 26.2 Å². The summed E-state index contributed by atoms with van der Waals surface area (Å²) in [5.74, 6) is 0. The van der Waals surface area contributed by atoms with Crippen LogP contribution in [0.4, 0.5) is 0 Å². The van der Waals surface area contributed by atoms with Gasteiger partial charge in [-0.25, -0.2) is 40.7 Å². The molecule has 2 aromatic heterocycles. The van der Waals surface area contributed by atoms with Crippen molar-refractivity contribution < 1.29 is 51.0 Å². The van der Waals surface area contributed by atoms with Crippen LogP contribution in [-0.2, 0) is 26.2 Å². The molecule has 2 aromatic carbocycles. The first kappa shape index (κ1) is 26.5. The third kappa shape index (κ3) is 8.15. The van der Waals surface area contributed by atoms with Gasteiger partial charge in [0.25, 0.3) is 0 Å². The Hall–Kier alpha value is -0.537. The summed E-state index contributed by atoms with van der Waals surface area (Å²) in [7, 11) is 1.64. The van der Waals surface area contributed by atoms with Crippen molar-refractivity contribution in [1.82, 2.24) is 0 Å². The molecule has 136 valence electrons. The van der Waals surface area contributed by atoms with E-state index in [4.69, 9.17) is 0 Å². The van der Waals surface area contributed by atoms with Crippen LogP contribution in [0.5, 0.6) is 0 Å². The molecule has 0 fully saturated rings. The molecule has 0 bridgehead atoms. The molecule has 5 heteroatoms. The molecule has 4 aromatic rings. The van der Waals surface area contributed by atoms with Gasteiger partial charge in [-0.2, -0.15) is 10.6 Å². The smallest absolute Gasteiger partial charge is 1.00 e. The second-order valence-electron chi connectivity index (χ2n) is 5.64. The molecule has 4 rings (SSSR count). The Bertz CT molecular complexity index is 811. The molecule has 2 heterocycles. The molecule has 2 atom stereocenters. The van der Waals surface area contributed by atoms with Gasteiger partial charge in [0, 0.05) is 0 Å². The van der Waals surface area contributed by atoms with E-state index in [2.05, 4.69) is 86.6 Å². The van der Waals surface area contributed by atoms with E-state index in [1.165, 1.54) is 32.3 Å². The van der Waals surface area contributed by atoms with Crippen LogP contribution in [0.25, 0.3) is 21.7 Å². The van der Waals surface area contributed by atoms with E-state index in [0.717, 1.165) is 16.4 Å². The maximum absolute atomic E-state index is 3.24. The van der Waals surface area contributed by atoms with Crippen LogP contribution in [0.15, 0.2) is 72.8 Å². The molecule has 0 radical (unpaired) electrons. The predicted octanol–water partition coefficient (Wildman–Crippen LogP) is 0.993. The first-order valence-corrected chi connectivity index (χ1v) is 9.98. The van der Waals surface area contributed by atoms with Crippen molar-refractivity contribution in [2.24, 2.45) is 0 Å². The molecule has 0 aliphatic carbocycles. The molecule has 0 aliphatic rings. The first-order chi connectivity index (χ1) is 11.7. The van der Waals surface area contributed by atoms with Gasteiger partial charge in [0.05, 0.1) is 0 Å². The molecule has 0 nitrogen and oxygen atoms in total. The Morgan fingerprint density at radius 2 is 0.926 bits per heavy atom. The van der Waals surface area contributed by atoms with Gasteiger partial charge in [-0.1, -0.05) is 85.6 Å². The second-order valence-corrected chi connectivity index (χ2v) is 8.71. The van der Waals surface area contributed by atoms with Crippen LogP contribution < -0.4 is 24.8 Å². The average molecular weight is 508 g/mol. The molecular weight excluding hydrogens is 488 g/mol. The summed E-state index contributed by atoms with van der Waals surface area (Å²) >= 11 is 0. The fourth-order valence-corrected chi connectivity index (χ4v) is 4.46. The van der Waals surface area contributed by atoms with Gasteiger partial charge in [0.2, 0.25) is 0 Å². The van der Waals surface area contributed by atoms with Crippen LogP contribution in [0.1, 0.15) is 10.6 Å². The molecule has 27 heavy (non-hydrogen) atoms. The molecule has 0 saturated carbocycles. The van der Waals surface area contributed by atoms with Crippen LogP contribution >= 0.6 is 16.4 Å². The van der Waals surface area contributed by atoms with Gasteiger partial charge < -0.3 is 24.8 Å². The van der Waals surface area contributed by atoms with Gasteiger partial charge in [0.15, 0.2) is 0 Å². The number of benzene rings is 2. The number of hydrogen-bond acceptors (Lipinski definition) is 0. The summed E-state index contributed by atoms with van der Waals surface area (Å²) in [6.45, 7) is 4.26. The Labute approximate surface area is 197 Å². The maximum atomic E-state index is 3.24. The van der Waals surface area contributed by atoms with E-state index in [-0.39, 0.29) is 51.0 Å². The normalized spacial score (nSPS) is 9.56. The number of aryl methyl sites for hydroxylation is 2. The summed E-state index contributed by atoms with van der Waals surface area (Å²) in [6.07, 6.45) is 0. The molecule has 0 spiro atoms. The summed E-state index contributed by atoms with van der Waals surface area (Å²) < 4.78 is 0.